The standard InChI is InChI=1S/C8H15N3O2/c1-8(2,3)5(9)6-10-7(12-4)13-11-6/h5H,9H2,1-4H3. The van der Waals surface area contributed by atoms with E-state index in [1.807, 2.05) is 20.8 Å². The lowest BCUT2D eigenvalue weighted by atomic mass is 9.87. The molecule has 0 aromatic carbocycles. The van der Waals surface area contributed by atoms with E-state index in [9.17, 15) is 0 Å². The Labute approximate surface area is 77.3 Å². The molecule has 0 aliphatic carbocycles. The first-order chi connectivity index (χ1) is 5.95. The maximum Gasteiger partial charge on any atom is 0.417 e. The molecule has 74 valence electrons. The van der Waals surface area contributed by atoms with Crippen LogP contribution >= 0.6 is 0 Å². The second-order valence-corrected chi connectivity index (χ2v) is 3.97. The van der Waals surface area contributed by atoms with Gasteiger partial charge in [-0.3, -0.25) is 4.52 Å². The third-order valence-electron chi connectivity index (χ3n) is 1.81. The number of ether oxygens (including phenoxy) is 1. The van der Waals surface area contributed by atoms with Crippen molar-refractivity contribution >= 4 is 0 Å². The van der Waals surface area contributed by atoms with Crippen molar-refractivity contribution in [3.63, 3.8) is 0 Å². The normalized spacial score (nSPS) is 14.2. The molecule has 2 N–H and O–H groups in total. The molecule has 1 unspecified atom stereocenters. The van der Waals surface area contributed by atoms with Crippen molar-refractivity contribution in [1.29, 1.82) is 0 Å². The monoisotopic (exact) mass is 185 g/mol. The number of aromatic nitrogens is 2. The summed E-state index contributed by atoms with van der Waals surface area (Å²) in [7, 11) is 1.47. The molecule has 0 saturated carbocycles. The molecule has 1 atom stereocenters. The van der Waals surface area contributed by atoms with Crippen LogP contribution in [0.3, 0.4) is 0 Å². The third kappa shape index (κ3) is 2.18. The van der Waals surface area contributed by atoms with Crippen molar-refractivity contribution in [2.45, 2.75) is 26.8 Å². The van der Waals surface area contributed by atoms with Gasteiger partial charge in [0.25, 0.3) is 0 Å². The fourth-order valence-corrected chi connectivity index (χ4v) is 0.817. The van der Waals surface area contributed by atoms with Crippen LogP contribution in [0.25, 0.3) is 0 Å². The average molecular weight is 185 g/mol. The topological polar surface area (TPSA) is 74.2 Å². The summed E-state index contributed by atoms with van der Waals surface area (Å²) in [6, 6.07) is -0.250. The van der Waals surface area contributed by atoms with Crippen molar-refractivity contribution in [2.24, 2.45) is 11.1 Å². The molecule has 0 fully saturated rings. The molecule has 1 heterocycles. The molecule has 0 aliphatic rings. The van der Waals surface area contributed by atoms with E-state index in [4.69, 9.17) is 15.0 Å². The number of methoxy groups -OCH3 is 1. The van der Waals surface area contributed by atoms with Crippen LogP contribution in [0.5, 0.6) is 6.08 Å². The molecule has 0 radical (unpaired) electrons. The molecule has 1 rings (SSSR count). The van der Waals surface area contributed by atoms with E-state index in [0.29, 0.717) is 5.82 Å². The van der Waals surface area contributed by atoms with E-state index in [1.165, 1.54) is 7.11 Å². The summed E-state index contributed by atoms with van der Waals surface area (Å²) < 4.78 is 9.53. The third-order valence-corrected chi connectivity index (χ3v) is 1.81. The summed E-state index contributed by atoms with van der Waals surface area (Å²) >= 11 is 0. The zero-order valence-electron chi connectivity index (χ0n) is 8.37. The average Bonchev–Trinajstić information content (AvgIpc) is 2.48. The van der Waals surface area contributed by atoms with Crippen LogP contribution in [-0.4, -0.2) is 17.3 Å². The van der Waals surface area contributed by atoms with Crippen LogP contribution in [0.2, 0.25) is 0 Å². The largest absolute Gasteiger partial charge is 0.452 e. The molecular weight excluding hydrogens is 170 g/mol. The summed E-state index contributed by atoms with van der Waals surface area (Å²) in [4.78, 5) is 3.97. The van der Waals surface area contributed by atoms with Gasteiger partial charge in [0.15, 0.2) is 5.82 Å². The SMILES string of the molecule is COc1nc(C(N)C(C)(C)C)no1. The Morgan fingerprint density at radius 2 is 2.08 bits per heavy atom. The predicted octanol–water partition coefficient (Wildman–Crippen LogP) is 1.12. The van der Waals surface area contributed by atoms with E-state index in [0.717, 1.165) is 0 Å². The van der Waals surface area contributed by atoms with E-state index in [1.54, 1.807) is 0 Å². The van der Waals surface area contributed by atoms with Crippen molar-refractivity contribution in [3.05, 3.63) is 5.82 Å². The van der Waals surface area contributed by atoms with Gasteiger partial charge in [-0.05, 0) is 5.41 Å². The highest BCUT2D eigenvalue weighted by Crippen LogP contribution is 2.29. The molecule has 0 spiro atoms. The van der Waals surface area contributed by atoms with Gasteiger partial charge in [0, 0.05) is 0 Å². The maximum atomic E-state index is 5.90. The van der Waals surface area contributed by atoms with Gasteiger partial charge in [-0.15, -0.1) is 0 Å². The van der Waals surface area contributed by atoms with Gasteiger partial charge in [-0.2, -0.15) is 4.98 Å². The Hall–Kier alpha value is -1.10. The van der Waals surface area contributed by atoms with Gasteiger partial charge in [-0.1, -0.05) is 25.9 Å². The summed E-state index contributed by atoms with van der Waals surface area (Å²) in [6.07, 6.45) is 0.148. The summed E-state index contributed by atoms with van der Waals surface area (Å²) in [6.45, 7) is 6.04. The van der Waals surface area contributed by atoms with Crippen molar-refractivity contribution < 1.29 is 9.26 Å². The van der Waals surface area contributed by atoms with Gasteiger partial charge in [0.2, 0.25) is 0 Å². The molecular formula is C8H15N3O2. The molecule has 5 heteroatoms. The van der Waals surface area contributed by atoms with Gasteiger partial charge in [0.05, 0.1) is 13.2 Å². The number of hydrogen-bond donors (Lipinski definition) is 1. The number of rotatable bonds is 2. The van der Waals surface area contributed by atoms with Gasteiger partial charge < -0.3 is 10.5 Å². The lowest BCUT2D eigenvalue weighted by Gasteiger charge is -2.23. The Kier molecular flexibility index (Phi) is 2.56. The van der Waals surface area contributed by atoms with Crippen LogP contribution in [0.4, 0.5) is 0 Å². The van der Waals surface area contributed by atoms with E-state index in [-0.39, 0.29) is 17.5 Å². The zero-order valence-corrected chi connectivity index (χ0v) is 8.37. The predicted molar refractivity (Wildman–Crippen MR) is 47.2 cm³/mol. The minimum absolute atomic E-state index is 0.0884. The highest BCUT2D eigenvalue weighted by Gasteiger charge is 2.26. The molecule has 0 bridgehead atoms. The Morgan fingerprint density at radius 1 is 1.46 bits per heavy atom. The second kappa shape index (κ2) is 3.33. The molecule has 0 amide bonds. The fraction of sp³-hybridized carbons (Fsp3) is 0.750. The van der Waals surface area contributed by atoms with Gasteiger partial charge >= 0.3 is 6.08 Å². The molecule has 13 heavy (non-hydrogen) atoms. The molecule has 1 aromatic heterocycles. The van der Waals surface area contributed by atoms with Crippen LogP contribution in [-0.2, 0) is 0 Å². The number of nitrogens with zero attached hydrogens (tertiary/aromatic N) is 2. The lowest BCUT2D eigenvalue weighted by Crippen LogP contribution is -2.27. The highest BCUT2D eigenvalue weighted by molar-refractivity contribution is 4.99. The highest BCUT2D eigenvalue weighted by atomic mass is 16.6. The minimum Gasteiger partial charge on any atom is -0.452 e. The molecule has 1 aromatic rings. The van der Waals surface area contributed by atoms with Crippen molar-refractivity contribution in [1.82, 2.24) is 10.1 Å². The molecule has 0 aliphatic heterocycles. The molecule has 0 saturated heterocycles. The smallest absolute Gasteiger partial charge is 0.417 e. The van der Waals surface area contributed by atoms with E-state index in [2.05, 4.69) is 10.1 Å². The molecule has 5 nitrogen and oxygen atoms in total. The first-order valence-corrected chi connectivity index (χ1v) is 4.08. The first-order valence-electron chi connectivity index (χ1n) is 4.08. The van der Waals surface area contributed by atoms with Crippen LogP contribution in [0.1, 0.15) is 32.6 Å². The quantitative estimate of drug-likeness (QED) is 0.747. The van der Waals surface area contributed by atoms with E-state index >= 15 is 0 Å². The van der Waals surface area contributed by atoms with Crippen LogP contribution in [0, 0.1) is 5.41 Å². The van der Waals surface area contributed by atoms with Crippen LogP contribution < -0.4 is 10.5 Å². The van der Waals surface area contributed by atoms with E-state index < -0.39 is 0 Å². The van der Waals surface area contributed by atoms with Crippen molar-refractivity contribution in [3.8, 4) is 6.08 Å². The summed E-state index contributed by atoms with van der Waals surface area (Å²) in [5, 5.41) is 3.72. The second-order valence-electron chi connectivity index (χ2n) is 3.97. The first kappa shape index (κ1) is 9.98. The fourth-order valence-electron chi connectivity index (χ4n) is 0.817. The van der Waals surface area contributed by atoms with Crippen LogP contribution in [0.15, 0.2) is 4.52 Å². The van der Waals surface area contributed by atoms with Gasteiger partial charge in [0.1, 0.15) is 0 Å². The van der Waals surface area contributed by atoms with Crippen molar-refractivity contribution in [2.75, 3.05) is 7.11 Å². The zero-order chi connectivity index (χ0) is 10.1. The number of nitrogens with two attached hydrogens (primary N) is 1. The Balaban J connectivity index is 2.83. The number of hydrogen-bond acceptors (Lipinski definition) is 5. The Bertz CT molecular complexity index is 277. The Morgan fingerprint density at radius 3 is 2.46 bits per heavy atom. The maximum absolute atomic E-state index is 5.90. The summed E-state index contributed by atoms with van der Waals surface area (Å²) in [5.74, 6) is 0.476. The van der Waals surface area contributed by atoms with Gasteiger partial charge in [-0.25, -0.2) is 0 Å². The lowest BCUT2D eigenvalue weighted by molar-refractivity contribution is 0.246. The minimum atomic E-state index is -0.250. The summed E-state index contributed by atoms with van der Waals surface area (Å²) in [5.41, 5.74) is 5.81.